The molecule has 0 spiro atoms. The molecule has 0 saturated carbocycles. The minimum atomic E-state index is -6.85. The van der Waals surface area contributed by atoms with Gasteiger partial charge in [0.05, 0.1) is 7.11 Å². The van der Waals surface area contributed by atoms with Crippen molar-refractivity contribution in [3.8, 4) is 0 Å². The van der Waals surface area contributed by atoms with E-state index in [9.17, 15) is 51.6 Å². The van der Waals surface area contributed by atoms with Crippen LogP contribution in [0, 0.1) is 0 Å². The Morgan fingerprint density at radius 3 is 1.05 bits per heavy atom. The molecule has 1 N–H and O–H groups in total. The van der Waals surface area contributed by atoms with Crippen LogP contribution in [0.5, 0.6) is 0 Å². The molecular formula is C3H4F6O9S3. The summed E-state index contributed by atoms with van der Waals surface area (Å²) in [4.78, 5) is 0. The number of hydrogen-bond acceptors (Lipinski definition) is 8. The molecule has 0 atom stereocenters. The second-order valence-corrected chi connectivity index (χ2v) is 6.94. The molecule has 0 rings (SSSR count). The van der Waals surface area contributed by atoms with Crippen molar-refractivity contribution in [2.75, 3.05) is 7.11 Å². The molecule has 130 valence electrons. The summed E-state index contributed by atoms with van der Waals surface area (Å²) in [6, 6.07) is 0. The summed E-state index contributed by atoms with van der Waals surface area (Å²) < 4.78 is 140. The number of rotatable bonds is 3. The number of alkyl halides is 6. The van der Waals surface area contributed by atoms with Gasteiger partial charge in [-0.1, -0.05) is 0 Å². The molecule has 0 aliphatic heterocycles. The van der Waals surface area contributed by atoms with Crippen LogP contribution in [0.4, 0.5) is 26.3 Å². The summed E-state index contributed by atoms with van der Waals surface area (Å²) in [6.45, 7) is 0. The van der Waals surface area contributed by atoms with Crippen LogP contribution in [-0.4, -0.2) is 47.9 Å². The van der Waals surface area contributed by atoms with E-state index in [0.29, 0.717) is 0 Å². The van der Waals surface area contributed by atoms with E-state index in [2.05, 4.69) is 4.18 Å². The van der Waals surface area contributed by atoms with Crippen molar-refractivity contribution < 1.29 is 64.0 Å². The molecule has 0 radical (unpaired) electrons. The van der Waals surface area contributed by atoms with Gasteiger partial charge in [0.2, 0.25) is 0 Å². The molecule has 0 bridgehead atoms. The van der Waals surface area contributed by atoms with Crippen LogP contribution < -0.4 is 0 Å². The molecule has 0 aliphatic carbocycles. The molecular weight excluding hydrogens is 390 g/mol. The summed E-state index contributed by atoms with van der Waals surface area (Å²) in [5.74, 6) is 0. The normalized spacial score (nSPS) is 14.3. The van der Waals surface area contributed by atoms with Gasteiger partial charge in [0.25, 0.3) is 0 Å². The summed E-state index contributed by atoms with van der Waals surface area (Å²) in [6.07, 6.45) is 0. The lowest BCUT2D eigenvalue weighted by Crippen LogP contribution is -2.34. The summed E-state index contributed by atoms with van der Waals surface area (Å²) in [5, 5.41) is 0. The van der Waals surface area contributed by atoms with Gasteiger partial charge in [0.15, 0.2) is 0 Å². The van der Waals surface area contributed by atoms with Crippen molar-refractivity contribution >= 4 is 30.6 Å². The highest BCUT2D eigenvalue weighted by molar-refractivity contribution is 8.00. The fraction of sp³-hybridized carbons (Fsp3) is 1.00. The fourth-order valence-corrected chi connectivity index (χ4v) is 1.76. The predicted molar refractivity (Wildman–Crippen MR) is 49.6 cm³/mol. The highest BCUT2D eigenvalue weighted by atomic mass is 32.3. The first kappa shape index (κ1) is 22.6. The van der Waals surface area contributed by atoms with E-state index in [1.165, 1.54) is 0 Å². The van der Waals surface area contributed by atoms with E-state index in [4.69, 9.17) is 4.55 Å². The zero-order valence-electron chi connectivity index (χ0n) is 9.21. The first-order valence-corrected chi connectivity index (χ1v) is 7.81. The number of hydrogen-bond donors (Lipinski definition) is 1. The second kappa shape index (κ2) is 6.60. The standard InChI is InChI=1S/C2F6O5S2.CH4O4S/c3-1(4,5)14(9,10)13-15(11,12)2(6,7)8;1-5-6(2,3)4/h;1H3,(H,2,3,4). The summed E-state index contributed by atoms with van der Waals surface area (Å²) in [7, 11) is -17.0. The van der Waals surface area contributed by atoms with Crippen LogP contribution in [0.25, 0.3) is 0 Å². The van der Waals surface area contributed by atoms with Crippen molar-refractivity contribution in [3.05, 3.63) is 0 Å². The Hall–Kier alpha value is -0.690. The van der Waals surface area contributed by atoms with E-state index in [1.54, 1.807) is 0 Å². The van der Waals surface area contributed by atoms with E-state index in [0.717, 1.165) is 7.11 Å². The lowest BCUT2D eigenvalue weighted by atomic mass is 11.6. The predicted octanol–water partition coefficient (Wildman–Crippen LogP) is 0.138. The van der Waals surface area contributed by atoms with Gasteiger partial charge in [0, 0.05) is 0 Å². The van der Waals surface area contributed by atoms with Gasteiger partial charge in [-0.25, -0.2) is 0 Å². The third-order valence-corrected chi connectivity index (χ3v) is 3.95. The van der Waals surface area contributed by atoms with Crippen LogP contribution in [0.1, 0.15) is 0 Å². The molecule has 0 aromatic heterocycles. The molecule has 0 aromatic rings. The summed E-state index contributed by atoms with van der Waals surface area (Å²) >= 11 is 0. The molecule has 0 aromatic carbocycles. The average Bonchev–Trinajstić information content (AvgIpc) is 2.12. The van der Waals surface area contributed by atoms with E-state index < -0.39 is 41.7 Å². The summed E-state index contributed by atoms with van der Waals surface area (Å²) in [5.41, 5.74) is -12.5. The fourth-order valence-electron chi connectivity index (χ4n) is 0.195. The maximum atomic E-state index is 11.4. The monoisotopic (exact) mass is 394 g/mol. The smallest absolute Gasteiger partial charge is 0.264 e. The molecule has 0 unspecified atom stereocenters. The molecule has 18 heteroatoms. The average molecular weight is 394 g/mol. The molecule has 21 heavy (non-hydrogen) atoms. The minimum Gasteiger partial charge on any atom is -0.264 e. The van der Waals surface area contributed by atoms with Crippen LogP contribution in [0.2, 0.25) is 0 Å². The highest BCUT2D eigenvalue weighted by Gasteiger charge is 2.57. The minimum absolute atomic E-state index is 0.870. The van der Waals surface area contributed by atoms with Crippen molar-refractivity contribution in [1.29, 1.82) is 0 Å². The molecule has 0 saturated heterocycles. The van der Waals surface area contributed by atoms with Crippen molar-refractivity contribution in [2.24, 2.45) is 0 Å². The van der Waals surface area contributed by atoms with Crippen LogP contribution >= 0.6 is 0 Å². The largest absolute Gasteiger partial charge is 0.524 e. The van der Waals surface area contributed by atoms with E-state index in [1.807, 2.05) is 3.63 Å². The first-order valence-electron chi connectivity index (χ1n) is 3.63. The van der Waals surface area contributed by atoms with Gasteiger partial charge in [-0.15, -0.1) is 3.63 Å². The van der Waals surface area contributed by atoms with Gasteiger partial charge < -0.3 is 0 Å². The van der Waals surface area contributed by atoms with Crippen LogP contribution in [0.3, 0.4) is 0 Å². The van der Waals surface area contributed by atoms with Crippen LogP contribution in [0.15, 0.2) is 0 Å². The first-order chi connectivity index (χ1) is 8.77. The van der Waals surface area contributed by atoms with Gasteiger partial charge in [0.1, 0.15) is 0 Å². The highest BCUT2D eigenvalue weighted by Crippen LogP contribution is 2.31. The van der Waals surface area contributed by atoms with Crippen molar-refractivity contribution in [1.82, 2.24) is 0 Å². The van der Waals surface area contributed by atoms with Gasteiger partial charge in [-0.05, 0) is 0 Å². The van der Waals surface area contributed by atoms with Gasteiger partial charge in [-0.3, -0.25) is 8.74 Å². The Balaban J connectivity index is 0. The zero-order chi connectivity index (χ0) is 17.9. The molecule has 0 fully saturated rings. The zero-order valence-corrected chi connectivity index (χ0v) is 11.7. The van der Waals surface area contributed by atoms with Crippen molar-refractivity contribution in [2.45, 2.75) is 11.0 Å². The van der Waals surface area contributed by atoms with Gasteiger partial charge >= 0.3 is 41.7 Å². The van der Waals surface area contributed by atoms with E-state index >= 15 is 0 Å². The lowest BCUT2D eigenvalue weighted by molar-refractivity contribution is -0.0585. The Labute approximate surface area is 113 Å². The quantitative estimate of drug-likeness (QED) is 0.402. The third kappa shape index (κ3) is 8.36. The van der Waals surface area contributed by atoms with Gasteiger partial charge in [-0.2, -0.15) is 51.6 Å². The molecule has 0 aliphatic rings. The molecule has 9 nitrogen and oxygen atoms in total. The third-order valence-electron chi connectivity index (χ3n) is 0.957. The Kier molecular flexibility index (Phi) is 7.10. The second-order valence-electron chi connectivity index (χ2n) is 2.46. The Bertz CT molecular complexity index is 594. The van der Waals surface area contributed by atoms with Crippen molar-refractivity contribution in [3.63, 3.8) is 0 Å². The van der Waals surface area contributed by atoms with Crippen LogP contribution in [-0.2, 0) is 38.4 Å². The topological polar surface area (TPSA) is 141 Å². The SMILES string of the molecule is COS(=O)(=O)O.O=S(=O)(OS(=O)(=O)C(F)(F)F)C(F)(F)F. The lowest BCUT2D eigenvalue weighted by Gasteiger charge is -2.09. The van der Waals surface area contributed by atoms with E-state index in [-0.39, 0.29) is 0 Å². The Morgan fingerprint density at radius 1 is 0.762 bits per heavy atom. The molecule has 0 heterocycles. The maximum absolute atomic E-state index is 11.4. The number of halogens is 6. The Morgan fingerprint density at radius 2 is 0.952 bits per heavy atom. The maximum Gasteiger partial charge on any atom is 0.524 e. The molecule has 0 amide bonds.